The van der Waals surface area contributed by atoms with Crippen molar-refractivity contribution in [1.82, 2.24) is 4.90 Å². The standard InChI is InChI=1S/C55H105NO6/c1-5-9-25-36-50(37-26-10-6-2)48-53(57)60-45-33-23-19-15-13-17-21-29-40-52(55(59)62-47-35-44-56-42-31-32-43-56)41-30-22-18-14-16-20-24-34-46-61-54(58)49-51(38-27-11-7-3)39-28-12-8-4/h50-52H,5-49H2,1-4H3. The molecule has 1 fully saturated rings. The molecule has 0 bridgehead atoms. The van der Waals surface area contributed by atoms with Crippen LogP contribution in [0.3, 0.4) is 0 Å². The second-order valence-corrected chi connectivity index (χ2v) is 19.6. The predicted octanol–water partition coefficient (Wildman–Crippen LogP) is 16.1. The first-order valence-corrected chi connectivity index (χ1v) is 27.6. The minimum absolute atomic E-state index is 0.0143. The van der Waals surface area contributed by atoms with Gasteiger partial charge in [0.05, 0.1) is 25.7 Å². The van der Waals surface area contributed by atoms with E-state index in [-0.39, 0.29) is 23.8 Å². The van der Waals surface area contributed by atoms with E-state index in [1.54, 1.807) is 0 Å². The Kier molecular flexibility index (Phi) is 42.0. The highest BCUT2D eigenvalue weighted by atomic mass is 16.5. The van der Waals surface area contributed by atoms with Crippen molar-refractivity contribution in [2.45, 2.75) is 278 Å². The lowest BCUT2D eigenvalue weighted by Gasteiger charge is -2.18. The highest BCUT2D eigenvalue weighted by Gasteiger charge is 2.20. The number of hydrogen-bond acceptors (Lipinski definition) is 7. The summed E-state index contributed by atoms with van der Waals surface area (Å²) in [5, 5.41) is 0. The summed E-state index contributed by atoms with van der Waals surface area (Å²) in [6.45, 7) is 14.1. The number of unbranched alkanes of at least 4 members (excludes halogenated alkanes) is 22. The SMILES string of the molecule is CCCCCC(CCCCC)CC(=O)OCCCCCCCCCCC(CCCCCCCCCCOC(=O)CC(CCCCC)CCCCC)C(=O)OCCCN1CCCC1. The first kappa shape index (κ1) is 58.4. The van der Waals surface area contributed by atoms with Crippen LogP contribution < -0.4 is 0 Å². The number of carbonyl (C=O) groups excluding carboxylic acids is 3. The van der Waals surface area contributed by atoms with E-state index in [9.17, 15) is 14.4 Å². The molecule has 1 saturated heterocycles. The maximum atomic E-state index is 13.2. The molecule has 0 amide bonds. The van der Waals surface area contributed by atoms with Gasteiger partial charge in [-0.05, 0) is 95.6 Å². The summed E-state index contributed by atoms with van der Waals surface area (Å²) >= 11 is 0. The fourth-order valence-electron chi connectivity index (χ4n) is 9.46. The molecule has 7 nitrogen and oxygen atoms in total. The van der Waals surface area contributed by atoms with Crippen LogP contribution in [0, 0.1) is 17.8 Å². The van der Waals surface area contributed by atoms with E-state index in [4.69, 9.17) is 14.2 Å². The normalized spacial score (nSPS) is 13.2. The molecule has 0 saturated carbocycles. The molecule has 0 unspecified atom stereocenters. The monoisotopic (exact) mass is 876 g/mol. The summed E-state index contributed by atoms with van der Waals surface area (Å²) in [4.78, 5) is 40.8. The molecule has 366 valence electrons. The van der Waals surface area contributed by atoms with Gasteiger partial charge in [-0.2, -0.15) is 0 Å². The van der Waals surface area contributed by atoms with E-state index in [0.29, 0.717) is 44.5 Å². The van der Waals surface area contributed by atoms with E-state index >= 15 is 0 Å². The van der Waals surface area contributed by atoms with Gasteiger partial charge >= 0.3 is 17.9 Å². The molecule has 0 aromatic heterocycles. The maximum absolute atomic E-state index is 13.2. The van der Waals surface area contributed by atoms with Crippen LogP contribution in [-0.4, -0.2) is 62.3 Å². The first-order valence-electron chi connectivity index (χ1n) is 27.6. The third kappa shape index (κ3) is 36.7. The fraction of sp³-hybridized carbons (Fsp3) is 0.945. The fourth-order valence-corrected chi connectivity index (χ4v) is 9.46. The van der Waals surface area contributed by atoms with Crippen LogP contribution in [-0.2, 0) is 28.6 Å². The summed E-state index contributed by atoms with van der Waals surface area (Å²) in [6.07, 6.45) is 44.8. The van der Waals surface area contributed by atoms with Gasteiger partial charge in [-0.15, -0.1) is 0 Å². The summed E-state index contributed by atoms with van der Waals surface area (Å²) in [6, 6.07) is 0. The molecule has 0 radical (unpaired) electrons. The van der Waals surface area contributed by atoms with Crippen LogP contribution in [0.15, 0.2) is 0 Å². The van der Waals surface area contributed by atoms with Gasteiger partial charge in [0.15, 0.2) is 0 Å². The first-order chi connectivity index (χ1) is 30.4. The molecular weight excluding hydrogens is 771 g/mol. The lowest BCUT2D eigenvalue weighted by molar-refractivity contribution is -0.149. The van der Waals surface area contributed by atoms with Crippen LogP contribution in [0.25, 0.3) is 0 Å². The highest BCUT2D eigenvalue weighted by molar-refractivity contribution is 5.72. The van der Waals surface area contributed by atoms with Gasteiger partial charge in [0.25, 0.3) is 0 Å². The average Bonchev–Trinajstić information content (AvgIpc) is 3.79. The predicted molar refractivity (Wildman–Crippen MR) is 263 cm³/mol. The minimum atomic E-state index is 0.0143. The molecule has 0 N–H and O–H groups in total. The summed E-state index contributed by atoms with van der Waals surface area (Å²) < 4.78 is 17.2. The lowest BCUT2D eigenvalue weighted by Crippen LogP contribution is -2.23. The van der Waals surface area contributed by atoms with E-state index in [2.05, 4.69) is 32.6 Å². The molecular formula is C55H105NO6. The molecule has 0 atom stereocenters. The van der Waals surface area contributed by atoms with Gasteiger partial charge in [-0.1, -0.05) is 195 Å². The van der Waals surface area contributed by atoms with Gasteiger partial charge in [0.2, 0.25) is 0 Å². The number of nitrogens with zero attached hydrogens (tertiary/aromatic N) is 1. The molecule has 0 aliphatic carbocycles. The zero-order valence-electron chi connectivity index (χ0n) is 41.9. The Morgan fingerprint density at radius 2 is 0.710 bits per heavy atom. The molecule has 1 aliphatic rings. The Morgan fingerprint density at radius 1 is 0.387 bits per heavy atom. The van der Waals surface area contributed by atoms with Crippen molar-refractivity contribution >= 4 is 17.9 Å². The number of likely N-dealkylation sites (tertiary alicyclic amines) is 1. The van der Waals surface area contributed by atoms with E-state index in [1.165, 1.54) is 193 Å². The quantitative estimate of drug-likeness (QED) is 0.0342. The Labute approximate surface area is 385 Å². The van der Waals surface area contributed by atoms with Gasteiger partial charge < -0.3 is 19.1 Å². The topological polar surface area (TPSA) is 82.1 Å². The number of esters is 3. The largest absolute Gasteiger partial charge is 0.466 e. The summed E-state index contributed by atoms with van der Waals surface area (Å²) in [5.74, 6) is 1.11. The third-order valence-corrected chi connectivity index (χ3v) is 13.6. The number of rotatable bonds is 47. The second kappa shape index (κ2) is 44.6. The Bertz CT molecular complexity index is 918. The minimum Gasteiger partial charge on any atom is -0.466 e. The third-order valence-electron chi connectivity index (χ3n) is 13.6. The van der Waals surface area contributed by atoms with E-state index in [1.807, 2.05) is 0 Å². The van der Waals surface area contributed by atoms with Crippen molar-refractivity contribution in [3.8, 4) is 0 Å². The van der Waals surface area contributed by atoms with Crippen LogP contribution in [0.4, 0.5) is 0 Å². The Hall–Kier alpha value is -1.63. The van der Waals surface area contributed by atoms with Crippen molar-refractivity contribution < 1.29 is 28.6 Å². The highest BCUT2D eigenvalue weighted by Crippen LogP contribution is 2.24. The summed E-state index contributed by atoms with van der Waals surface area (Å²) in [5.41, 5.74) is 0. The molecule has 62 heavy (non-hydrogen) atoms. The van der Waals surface area contributed by atoms with Crippen molar-refractivity contribution in [1.29, 1.82) is 0 Å². The van der Waals surface area contributed by atoms with Crippen LogP contribution >= 0.6 is 0 Å². The number of carbonyl (C=O) groups is 3. The molecule has 1 rings (SSSR count). The van der Waals surface area contributed by atoms with Crippen molar-refractivity contribution in [2.75, 3.05) is 39.5 Å². The second-order valence-electron chi connectivity index (χ2n) is 19.6. The van der Waals surface area contributed by atoms with Gasteiger partial charge in [0.1, 0.15) is 0 Å². The van der Waals surface area contributed by atoms with E-state index in [0.717, 1.165) is 64.3 Å². The zero-order chi connectivity index (χ0) is 45.0. The van der Waals surface area contributed by atoms with Crippen molar-refractivity contribution in [3.63, 3.8) is 0 Å². The number of hydrogen-bond donors (Lipinski definition) is 0. The van der Waals surface area contributed by atoms with Crippen LogP contribution in [0.5, 0.6) is 0 Å². The Morgan fingerprint density at radius 3 is 1.08 bits per heavy atom. The molecule has 0 spiro atoms. The molecule has 7 heteroatoms. The lowest BCUT2D eigenvalue weighted by atomic mass is 9.92. The van der Waals surface area contributed by atoms with Gasteiger partial charge in [0, 0.05) is 19.4 Å². The molecule has 1 aliphatic heterocycles. The molecule has 0 aromatic carbocycles. The average molecular weight is 876 g/mol. The van der Waals surface area contributed by atoms with Crippen molar-refractivity contribution in [2.24, 2.45) is 17.8 Å². The zero-order valence-corrected chi connectivity index (χ0v) is 41.9. The Balaban J connectivity index is 2.22. The van der Waals surface area contributed by atoms with Gasteiger partial charge in [-0.25, -0.2) is 0 Å². The smallest absolute Gasteiger partial charge is 0.308 e. The van der Waals surface area contributed by atoms with Crippen LogP contribution in [0.1, 0.15) is 278 Å². The van der Waals surface area contributed by atoms with Gasteiger partial charge in [-0.3, -0.25) is 14.4 Å². The van der Waals surface area contributed by atoms with E-state index < -0.39 is 0 Å². The number of ether oxygens (including phenoxy) is 3. The van der Waals surface area contributed by atoms with Crippen molar-refractivity contribution in [3.05, 3.63) is 0 Å². The summed E-state index contributed by atoms with van der Waals surface area (Å²) in [7, 11) is 0. The van der Waals surface area contributed by atoms with Crippen LogP contribution in [0.2, 0.25) is 0 Å². The molecule has 0 aromatic rings. The molecule has 1 heterocycles. The maximum Gasteiger partial charge on any atom is 0.308 e.